The van der Waals surface area contributed by atoms with Crippen molar-refractivity contribution in [1.29, 1.82) is 0 Å². The Morgan fingerprint density at radius 2 is 1.75 bits per heavy atom. The van der Waals surface area contributed by atoms with E-state index in [1.54, 1.807) is 0 Å². The summed E-state index contributed by atoms with van der Waals surface area (Å²) in [5, 5.41) is 3.39. The van der Waals surface area contributed by atoms with Crippen LogP contribution in [0, 0.1) is 11.8 Å². The van der Waals surface area contributed by atoms with Crippen molar-refractivity contribution >= 4 is 0 Å². The summed E-state index contributed by atoms with van der Waals surface area (Å²) < 4.78 is 5.30. The summed E-state index contributed by atoms with van der Waals surface area (Å²) in [5.74, 6) is 2.10. The molecule has 1 N–H and O–H groups in total. The highest BCUT2D eigenvalue weighted by Crippen LogP contribution is 2.36. The molecule has 0 spiro atoms. The largest absolute Gasteiger partial charge is 0.379 e. The number of nitrogens with zero attached hydrogens (tertiary/aromatic N) is 1. The third-order valence-corrected chi connectivity index (χ3v) is 4.11. The van der Waals surface area contributed by atoms with Crippen molar-refractivity contribution in [3.05, 3.63) is 0 Å². The standard InChI is InChI=1S/C8H16N2O.C5H10/c1-2-9-7-8(1)10-3-5-11-6-4-10;1-4-3-5(4)2/h8-9H,1-7H2;4-5H,3H2,1-2H3. The second kappa shape index (κ2) is 5.99. The van der Waals surface area contributed by atoms with E-state index in [1.807, 2.05) is 0 Å². The molecule has 0 aromatic carbocycles. The number of hydrogen-bond acceptors (Lipinski definition) is 3. The molecule has 2 aliphatic heterocycles. The molecule has 3 nitrogen and oxygen atoms in total. The van der Waals surface area contributed by atoms with Gasteiger partial charge in [-0.1, -0.05) is 13.8 Å². The topological polar surface area (TPSA) is 24.5 Å². The molecule has 2 saturated heterocycles. The van der Waals surface area contributed by atoms with Crippen LogP contribution in [-0.2, 0) is 4.74 Å². The molecule has 2 heterocycles. The molecule has 3 aliphatic rings. The van der Waals surface area contributed by atoms with Gasteiger partial charge in [0.1, 0.15) is 0 Å². The Balaban J connectivity index is 0.000000162. The Hall–Kier alpha value is -0.120. The molecule has 0 aromatic rings. The molecule has 0 radical (unpaired) electrons. The molecular weight excluding hydrogens is 200 g/mol. The van der Waals surface area contributed by atoms with Gasteiger partial charge in [0.2, 0.25) is 0 Å². The van der Waals surface area contributed by atoms with E-state index in [9.17, 15) is 0 Å². The Bertz CT molecular complexity index is 192. The maximum atomic E-state index is 5.30. The number of ether oxygens (including phenoxy) is 1. The lowest BCUT2D eigenvalue weighted by molar-refractivity contribution is 0.0206. The molecule has 3 fully saturated rings. The second-order valence-corrected chi connectivity index (χ2v) is 5.49. The van der Waals surface area contributed by atoms with Gasteiger partial charge < -0.3 is 10.1 Å². The normalized spacial score (nSPS) is 39.0. The lowest BCUT2D eigenvalue weighted by Gasteiger charge is -2.31. The molecule has 0 aromatic heterocycles. The van der Waals surface area contributed by atoms with Gasteiger partial charge in [-0.2, -0.15) is 0 Å². The van der Waals surface area contributed by atoms with Crippen LogP contribution in [0.5, 0.6) is 0 Å². The van der Waals surface area contributed by atoms with Gasteiger partial charge in [-0.3, -0.25) is 4.90 Å². The van der Waals surface area contributed by atoms with Gasteiger partial charge >= 0.3 is 0 Å². The zero-order chi connectivity index (χ0) is 11.4. The van der Waals surface area contributed by atoms with Crippen LogP contribution in [0.15, 0.2) is 0 Å². The Morgan fingerprint density at radius 1 is 1.12 bits per heavy atom. The molecule has 16 heavy (non-hydrogen) atoms. The average molecular weight is 226 g/mol. The zero-order valence-electron chi connectivity index (χ0n) is 10.7. The lowest BCUT2D eigenvalue weighted by Crippen LogP contribution is -2.44. The minimum Gasteiger partial charge on any atom is -0.379 e. The van der Waals surface area contributed by atoms with E-state index in [1.165, 1.54) is 25.9 Å². The third kappa shape index (κ3) is 3.72. The van der Waals surface area contributed by atoms with E-state index in [-0.39, 0.29) is 0 Å². The van der Waals surface area contributed by atoms with Crippen molar-refractivity contribution in [1.82, 2.24) is 10.2 Å². The minimum absolute atomic E-state index is 0.791. The molecular formula is C13H26N2O. The van der Waals surface area contributed by atoms with Gasteiger partial charge in [0.15, 0.2) is 0 Å². The van der Waals surface area contributed by atoms with Gasteiger partial charge in [-0.05, 0) is 31.2 Å². The first-order valence-electron chi connectivity index (χ1n) is 6.80. The van der Waals surface area contributed by atoms with E-state index in [2.05, 4.69) is 24.1 Å². The minimum atomic E-state index is 0.791. The van der Waals surface area contributed by atoms with Gasteiger partial charge in [0, 0.05) is 25.7 Å². The van der Waals surface area contributed by atoms with Crippen LogP contribution in [0.4, 0.5) is 0 Å². The lowest BCUT2D eigenvalue weighted by atomic mass is 10.2. The van der Waals surface area contributed by atoms with Crippen molar-refractivity contribution in [2.24, 2.45) is 11.8 Å². The molecule has 0 bridgehead atoms. The SMILES string of the molecule is C1CC(N2CCOCC2)CN1.CC1CC1C. The summed E-state index contributed by atoms with van der Waals surface area (Å²) in [6.07, 6.45) is 2.79. The third-order valence-electron chi connectivity index (χ3n) is 4.11. The van der Waals surface area contributed by atoms with E-state index in [0.29, 0.717) is 0 Å². The summed E-state index contributed by atoms with van der Waals surface area (Å²) >= 11 is 0. The first-order chi connectivity index (χ1) is 7.77. The predicted molar refractivity (Wildman–Crippen MR) is 66.6 cm³/mol. The molecule has 3 rings (SSSR count). The molecule has 1 saturated carbocycles. The number of rotatable bonds is 1. The maximum absolute atomic E-state index is 5.30. The Kier molecular flexibility index (Phi) is 4.62. The maximum Gasteiger partial charge on any atom is 0.0594 e. The highest BCUT2D eigenvalue weighted by Gasteiger charge is 2.26. The average Bonchev–Trinajstić information content (AvgIpc) is 2.82. The molecule has 0 amide bonds. The smallest absolute Gasteiger partial charge is 0.0594 e. The highest BCUT2D eigenvalue weighted by molar-refractivity contribution is 4.81. The van der Waals surface area contributed by atoms with Gasteiger partial charge in [0.05, 0.1) is 13.2 Å². The fourth-order valence-electron chi connectivity index (χ4n) is 2.40. The van der Waals surface area contributed by atoms with Crippen molar-refractivity contribution in [3.63, 3.8) is 0 Å². The molecule has 3 unspecified atom stereocenters. The zero-order valence-corrected chi connectivity index (χ0v) is 10.7. The number of nitrogens with one attached hydrogen (secondary N) is 1. The summed E-state index contributed by atoms with van der Waals surface area (Å²) in [5.41, 5.74) is 0. The van der Waals surface area contributed by atoms with Crippen LogP contribution in [0.2, 0.25) is 0 Å². The second-order valence-electron chi connectivity index (χ2n) is 5.49. The first kappa shape index (κ1) is 12.3. The van der Waals surface area contributed by atoms with Crippen LogP contribution >= 0.6 is 0 Å². The van der Waals surface area contributed by atoms with Crippen LogP contribution in [0.1, 0.15) is 26.7 Å². The summed E-state index contributed by atoms with van der Waals surface area (Å²) in [6.45, 7) is 11.1. The van der Waals surface area contributed by atoms with Crippen molar-refractivity contribution < 1.29 is 4.74 Å². The summed E-state index contributed by atoms with van der Waals surface area (Å²) in [4.78, 5) is 2.55. The van der Waals surface area contributed by atoms with Crippen LogP contribution in [-0.4, -0.2) is 50.3 Å². The Labute approximate surface area is 99.5 Å². The van der Waals surface area contributed by atoms with E-state index in [4.69, 9.17) is 4.74 Å². The van der Waals surface area contributed by atoms with Crippen molar-refractivity contribution in [2.75, 3.05) is 39.4 Å². The Morgan fingerprint density at radius 3 is 2.19 bits per heavy atom. The summed E-state index contributed by atoms with van der Waals surface area (Å²) in [6, 6.07) is 0.791. The fraction of sp³-hybridized carbons (Fsp3) is 1.00. The van der Waals surface area contributed by atoms with Crippen molar-refractivity contribution in [3.8, 4) is 0 Å². The van der Waals surface area contributed by atoms with Crippen LogP contribution < -0.4 is 5.32 Å². The molecule has 1 aliphatic carbocycles. The molecule has 3 atom stereocenters. The number of hydrogen-bond donors (Lipinski definition) is 1. The van der Waals surface area contributed by atoms with Gasteiger partial charge in [-0.15, -0.1) is 0 Å². The van der Waals surface area contributed by atoms with Crippen LogP contribution in [0.25, 0.3) is 0 Å². The molecule has 3 heteroatoms. The highest BCUT2D eigenvalue weighted by atomic mass is 16.5. The first-order valence-corrected chi connectivity index (χ1v) is 6.80. The molecule has 94 valence electrons. The van der Waals surface area contributed by atoms with E-state index < -0.39 is 0 Å². The van der Waals surface area contributed by atoms with Gasteiger partial charge in [0.25, 0.3) is 0 Å². The van der Waals surface area contributed by atoms with Crippen molar-refractivity contribution in [2.45, 2.75) is 32.7 Å². The van der Waals surface area contributed by atoms with Gasteiger partial charge in [-0.25, -0.2) is 0 Å². The number of morpholine rings is 1. The quantitative estimate of drug-likeness (QED) is 0.730. The fourth-order valence-corrected chi connectivity index (χ4v) is 2.40. The predicted octanol–water partition coefficient (Wildman–Crippen LogP) is 1.34. The monoisotopic (exact) mass is 226 g/mol. The summed E-state index contributed by atoms with van der Waals surface area (Å²) in [7, 11) is 0. The van der Waals surface area contributed by atoms with E-state index in [0.717, 1.165) is 44.2 Å². The van der Waals surface area contributed by atoms with Crippen LogP contribution in [0.3, 0.4) is 0 Å². The van der Waals surface area contributed by atoms with E-state index >= 15 is 0 Å².